The summed E-state index contributed by atoms with van der Waals surface area (Å²) in [6.45, 7) is 1.66. The molecule has 0 aliphatic heterocycles. The van der Waals surface area contributed by atoms with Gasteiger partial charge in [0.05, 0.1) is 0 Å². The van der Waals surface area contributed by atoms with Gasteiger partial charge in [0.15, 0.2) is 0 Å². The van der Waals surface area contributed by atoms with Crippen LogP contribution < -0.4 is 11.1 Å². The van der Waals surface area contributed by atoms with Crippen LogP contribution in [0.3, 0.4) is 0 Å². The molecule has 48 valence electrons. The summed E-state index contributed by atoms with van der Waals surface area (Å²) in [4.78, 5) is 10.1. The number of nitrogens with two attached hydrogens (primary N) is 1. The summed E-state index contributed by atoms with van der Waals surface area (Å²) in [5.41, 5.74) is 5.34. The zero-order chi connectivity index (χ0) is 7.28. The van der Waals surface area contributed by atoms with Crippen LogP contribution >= 0.6 is 0 Å². The third-order valence-corrected chi connectivity index (χ3v) is 0.620. The lowest BCUT2D eigenvalue weighted by Crippen LogP contribution is -2.27. The van der Waals surface area contributed by atoms with E-state index in [1.807, 2.05) is 0 Å². The first-order chi connectivity index (χ1) is 4.16. The fourth-order valence-corrected chi connectivity index (χ4v) is 0.355. The Hall–Kier alpha value is -1.43. The molecule has 0 fully saturated rings. The molecule has 0 aromatic carbocycles. The summed E-state index contributed by atoms with van der Waals surface area (Å²) >= 11 is 0. The highest BCUT2D eigenvalue weighted by atomic mass is 16.2. The Morgan fingerprint density at radius 3 is 2.78 bits per heavy atom. The smallest absolute Gasteiger partial charge is 0.316 e. The van der Waals surface area contributed by atoms with Crippen molar-refractivity contribution in [3.63, 3.8) is 0 Å². The number of carbonyl (C=O) groups excluding carboxylic acids is 1. The first kappa shape index (κ1) is 7.57. The number of primary amides is 1. The van der Waals surface area contributed by atoms with Crippen LogP contribution in [0.15, 0.2) is 11.8 Å². The van der Waals surface area contributed by atoms with Crippen LogP contribution in [0.2, 0.25) is 0 Å². The summed E-state index contributed by atoms with van der Waals surface area (Å²) < 4.78 is 0. The molecule has 3 nitrogen and oxygen atoms in total. The fourth-order valence-electron chi connectivity index (χ4n) is 0.355. The van der Waals surface area contributed by atoms with Gasteiger partial charge in [-0.1, -0.05) is 5.92 Å². The van der Waals surface area contributed by atoms with Crippen molar-refractivity contribution in [2.45, 2.75) is 6.92 Å². The standard InChI is InChI=1S/C6H8N2O/c1-3-4-5(2)8-6(7)9/h1,4H,2H3,(H3,7,8,9)/b5-4+. The molecule has 0 aromatic heterocycles. The van der Waals surface area contributed by atoms with Crippen molar-refractivity contribution < 1.29 is 4.79 Å². The maximum absolute atomic E-state index is 10.1. The molecule has 0 radical (unpaired) electrons. The average Bonchev–Trinajstić information content (AvgIpc) is 1.63. The minimum Gasteiger partial charge on any atom is -0.351 e. The molecular weight excluding hydrogens is 116 g/mol. The highest BCUT2D eigenvalue weighted by Gasteiger charge is 1.88. The van der Waals surface area contributed by atoms with Crippen LogP contribution in [-0.4, -0.2) is 6.03 Å². The Morgan fingerprint density at radius 2 is 2.44 bits per heavy atom. The molecule has 0 aromatic rings. The molecule has 3 heteroatoms. The summed E-state index contributed by atoms with van der Waals surface area (Å²) in [5.74, 6) is 2.24. The number of urea groups is 1. The van der Waals surface area contributed by atoms with Crippen LogP contribution in [0.4, 0.5) is 4.79 Å². The molecule has 0 unspecified atom stereocenters. The van der Waals surface area contributed by atoms with Crippen LogP contribution in [-0.2, 0) is 0 Å². The third-order valence-electron chi connectivity index (χ3n) is 0.620. The van der Waals surface area contributed by atoms with E-state index in [2.05, 4.69) is 11.2 Å². The number of allylic oxidation sites excluding steroid dienone is 2. The van der Waals surface area contributed by atoms with E-state index in [-0.39, 0.29) is 0 Å². The monoisotopic (exact) mass is 124 g/mol. The van der Waals surface area contributed by atoms with Gasteiger partial charge < -0.3 is 11.1 Å². The molecule has 0 saturated carbocycles. The molecule has 3 N–H and O–H groups in total. The first-order valence-corrected chi connectivity index (χ1v) is 2.36. The normalized spacial score (nSPS) is 10.0. The lowest BCUT2D eigenvalue weighted by Gasteiger charge is -1.96. The van der Waals surface area contributed by atoms with Crippen LogP contribution in [0.25, 0.3) is 0 Å². The second kappa shape index (κ2) is 3.56. The van der Waals surface area contributed by atoms with Gasteiger partial charge in [-0.05, 0) is 6.92 Å². The molecule has 0 saturated heterocycles. The zero-order valence-corrected chi connectivity index (χ0v) is 5.14. The zero-order valence-electron chi connectivity index (χ0n) is 5.14. The lowest BCUT2D eigenvalue weighted by atomic mass is 10.4. The Labute approximate surface area is 53.9 Å². The van der Waals surface area contributed by atoms with Gasteiger partial charge in [-0.15, -0.1) is 6.42 Å². The Kier molecular flexibility index (Phi) is 2.99. The van der Waals surface area contributed by atoms with E-state index in [0.29, 0.717) is 5.70 Å². The second-order valence-corrected chi connectivity index (χ2v) is 1.48. The summed E-state index contributed by atoms with van der Waals surface area (Å²) in [6, 6.07) is -0.598. The topological polar surface area (TPSA) is 55.1 Å². The first-order valence-electron chi connectivity index (χ1n) is 2.36. The molecule has 0 bridgehead atoms. The van der Waals surface area contributed by atoms with Crippen LogP contribution in [0.1, 0.15) is 6.92 Å². The van der Waals surface area contributed by atoms with E-state index in [1.54, 1.807) is 6.92 Å². The summed E-state index contributed by atoms with van der Waals surface area (Å²) in [6.07, 6.45) is 6.31. The maximum atomic E-state index is 10.1. The van der Waals surface area contributed by atoms with Gasteiger partial charge >= 0.3 is 6.03 Å². The van der Waals surface area contributed by atoms with Gasteiger partial charge in [-0.25, -0.2) is 4.79 Å². The minimum absolute atomic E-state index is 0.574. The number of hydrogen-bond acceptors (Lipinski definition) is 1. The van der Waals surface area contributed by atoms with Crippen molar-refractivity contribution in [1.82, 2.24) is 5.32 Å². The average molecular weight is 124 g/mol. The lowest BCUT2D eigenvalue weighted by molar-refractivity contribution is 0.251. The largest absolute Gasteiger partial charge is 0.351 e. The SMILES string of the molecule is C#C/C=C(\C)NC(N)=O. The van der Waals surface area contributed by atoms with Crippen molar-refractivity contribution in [2.75, 3.05) is 0 Å². The van der Waals surface area contributed by atoms with Gasteiger partial charge in [0.25, 0.3) is 0 Å². The number of terminal acetylenes is 1. The van der Waals surface area contributed by atoms with E-state index in [4.69, 9.17) is 12.2 Å². The van der Waals surface area contributed by atoms with E-state index in [1.165, 1.54) is 6.08 Å². The highest BCUT2D eigenvalue weighted by Crippen LogP contribution is 1.81. The van der Waals surface area contributed by atoms with Gasteiger partial charge in [-0.2, -0.15) is 0 Å². The third kappa shape index (κ3) is 4.42. The molecule has 9 heavy (non-hydrogen) atoms. The van der Waals surface area contributed by atoms with Crippen molar-refractivity contribution in [2.24, 2.45) is 5.73 Å². The molecule has 0 aliphatic rings. The van der Waals surface area contributed by atoms with Crippen LogP contribution in [0, 0.1) is 12.3 Å². The van der Waals surface area contributed by atoms with Crippen molar-refractivity contribution in [1.29, 1.82) is 0 Å². The molecule has 0 heterocycles. The molecular formula is C6H8N2O. The van der Waals surface area contributed by atoms with E-state index < -0.39 is 6.03 Å². The number of carbonyl (C=O) groups is 1. The van der Waals surface area contributed by atoms with Crippen LogP contribution in [0.5, 0.6) is 0 Å². The molecule has 2 amide bonds. The van der Waals surface area contributed by atoms with Gasteiger partial charge in [0.1, 0.15) is 0 Å². The molecule has 0 spiro atoms. The number of amides is 2. The van der Waals surface area contributed by atoms with Crippen molar-refractivity contribution in [3.8, 4) is 12.3 Å². The van der Waals surface area contributed by atoms with Gasteiger partial charge in [-0.3, -0.25) is 0 Å². The number of rotatable bonds is 1. The fraction of sp³-hybridized carbons (Fsp3) is 0.167. The number of hydrogen-bond donors (Lipinski definition) is 2. The Morgan fingerprint density at radius 1 is 1.89 bits per heavy atom. The minimum atomic E-state index is -0.598. The van der Waals surface area contributed by atoms with Crippen molar-refractivity contribution in [3.05, 3.63) is 11.8 Å². The predicted molar refractivity (Wildman–Crippen MR) is 35.3 cm³/mol. The van der Waals surface area contributed by atoms with Gasteiger partial charge in [0, 0.05) is 11.8 Å². The maximum Gasteiger partial charge on any atom is 0.316 e. The molecule has 0 aliphatic carbocycles. The number of nitrogens with one attached hydrogen (secondary N) is 1. The Balaban J connectivity index is 3.80. The highest BCUT2D eigenvalue weighted by molar-refractivity contribution is 5.73. The molecule has 0 rings (SSSR count). The van der Waals surface area contributed by atoms with E-state index in [0.717, 1.165) is 0 Å². The van der Waals surface area contributed by atoms with Crippen molar-refractivity contribution >= 4 is 6.03 Å². The second-order valence-electron chi connectivity index (χ2n) is 1.48. The van der Waals surface area contributed by atoms with E-state index in [9.17, 15) is 4.79 Å². The van der Waals surface area contributed by atoms with E-state index >= 15 is 0 Å². The molecule has 0 atom stereocenters. The quantitative estimate of drug-likeness (QED) is 0.482. The Bertz CT molecular complexity index is 176. The van der Waals surface area contributed by atoms with Gasteiger partial charge in [0.2, 0.25) is 0 Å². The summed E-state index contributed by atoms with van der Waals surface area (Å²) in [5, 5.41) is 2.30. The summed E-state index contributed by atoms with van der Waals surface area (Å²) in [7, 11) is 0. The predicted octanol–water partition coefficient (Wildman–Crippen LogP) is 0.192.